The standard InChI is InChI=1S/C30H26N4O4S2/c1-19-11-15-21(16-12-19)39(35,36)33-31-29-27-23-7-3-5-9-25(23)28(26-10-6-4-8-24(26)27)30(29)32-34-40(37,38)22-17-13-20(2)14-18-22/h3-18,27-28,33-34H,1-2H3/b31-29+,32-30?. The fourth-order valence-corrected chi connectivity index (χ4v) is 6.93. The van der Waals surface area contributed by atoms with Crippen molar-refractivity contribution in [3.63, 3.8) is 0 Å². The molecule has 0 amide bonds. The summed E-state index contributed by atoms with van der Waals surface area (Å²) in [5.74, 6) is -0.888. The van der Waals surface area contributed by atoms with Crippen LogP contribution in [0.15, 0.2) is 117 Å². The van der Waals surface area contributed by atoms with Crippen LogP contribution in [0.3, 0.4) is 0 Å². The largest absolute Gasteiger partial charge is 0.276 e. The van der Waals surface area contributed by atoms with Crippen molar-refractivity contribution in [1.82, 2.24) is 9.66 Å². The minimum Gasteiger partial charge on any atom is -0.200 e. The second-order valence-corrected chi connectivity index (χ2v) is 13.3. The fourth-order valence-electron chi connectivity index (χ4n) is 5.30. The van der Waals surface area contributed by atoms with Gasteiger partial charge in [0.2, 0.25) is 0 Å². The Morgan fingerprint density at radius 2 is 0.800 bits per heavy atom. The van der Waals surface area contributed by atoms with Crippen molar-refractivity contribution in [3.05, 3.63) is 130 Å². The number of hydrogen-bond donors (Lipinski definition) is 2. The summed E-state index contributed by atoms with van der Waals surface area (Å²) in [6.45, 7) is 3.75. The first kappa shape index (κ1) is 26.0. The summed E-state index contributed by atoms with van der Waals surface area (Å²) < 4.78 is 52.6. The Bertz CT molecular complexity index is 1710. The molecule has 3 aliphatic rings. The van der Waals surface area contributed by atoms with Gasteiger partial charge in [0, 0.05) is 0 Å². The summed E-state index contributed by atoms with van der Waals surface area (Å²) >= 11 is 0. The van der Waals surface area contributed by atoms with Gasteiger partial charge in [0.1, 0.15) is 0 Å². The van der Waals surface area contributed by atoms with E-state index in [1.807, 2.05) is 62.4 Å². The number of hydrogen-bond acceptors (Lipinski definition) is 6. The molecule has 7 rings (SSSR count). The molecule has 0 unspecified atom stereocenters. The number of hydrazone groups is 2. The SMILES string of the molecule is Cc1ccc(S(=O)(=O)NN=C2/C(=N/NS(=O)(=O)c3ccc(C)cc3)C3c4ccccc4C2c2ccccc23)cc1. The molecule has 10 heteroatoms. The van der Waals surface area contributed by atoms with E-state index in [1.54, 1.807) is 24.3 Å². The van der Waals surface area contributed by atoms with Gasteiger partial charge in [-0.3, -0.25) is 0 Å². The summed E-state index contributed by atoms with van der Waals surface area (Å²) in [4.78, 5) is 4.90. The molecule has 4 aromatic carbocycles. The maximum absolute atomic E-state index is 13.2. The normalized spacial score (nSPS) is 19.8. The number of benzene rings is 4. The predicted octanol–water partition coefficient (Wildman–Crippen LogP) is 4.56. The Morgan fingerprint density at radius 1 is 0.500 bits per heavy atom. The summed E-state index contributed by atoms with van der Waals surface area (Å²) in [6.07, 6.45) is 0. The quantitative estimate of drug-likeness (QED) is 0.331. The van der Waals surface area contributed by atoms with E-state index in [-0.39, 0.29) is 9.79 Å². The first-order valence-corrected chi connectivity index (χ1v) is 15.6. The highest BCUT2D eigenvalue weighted by Gasteiger charge is 2.46. The average molecular weight is 571 g/mol. The van der Waals surface area contributed by atoms with Crippen LogP contribution in [0.1, 0.15) is 45.2 Å². The molecule has 0 fully saturated rings. The van der Waals surface area contributed by atoms with Crippen LogP contribution in [0, 0.1) is 13.8 Å². The second-order valence-electron chi connectivity index (χ2n) is 9.93. The number of fused-ring (bicyclic) bond motifs is 1. The zero-order valence-corrected chi connectivity index (χ0v) is 23.4. The fraction of sp³-hybridized carbons (Fsp3) is 0.133. The highest BCUT2D eigenvalue weighted by Crippen LogP contribution is 2.50. The van der Waals surface area contributed by atoms with Gasteiger partial charge >= 0.3 is 0 Å². The molecule has 0 heterocycles. The summed E-state index contributed by atoms with van der Waals surface area (Å²) in [6, 6.07) is 28.5. The summed E-state index contributed by atoms with van der Waals surface area (Å²) in [5, 5.41) is 8.83. The van der Waals surface area contributed by atoms with Crippen LogP contribution in [-0.4, -0.2) is 28.3 Å². The van der Waals surface area contributed by atoms with Crippen molar-refractivity contribution < 1.29 is 16.8 Å². The second kappa shape index (κ2) is 9.72. The zero-order chi connectivity index (χ0) is 28.1. The van der Waals surface area contributed by atoms with E-state index in [9.17, 15) is 16.8 Å². The van der Waals surface area contributed by atoms with Gasteiger partial charge in [-0.25, -0.2) is 0 Å². The number of sulfonamides is 2. The molecule has 0 saturated heterocycles. The molecule has 0 radical (unpaired) electrons. The molecular formula is C30H26N4O4S2. The van der Waals surface area contributed by atoms with Gasteiger partial charge in [0.25, 0.3) is 20.0 Å². The molecule has 0 saturated carbocycles. The maximum Gasteiger partial charge on any atom is 0.276 e. The zero-order valence-electron chi connectivity index (χ0n) is 21.7. The van der Waals surface area contributed by atoms with Crippen LogP contribution >= 0.6 is 0 Å². The lowest BCUT2D eigenvalue weighted by Crippen LogP contribution is -2.43. The smallest absolute Gasteiger partial charge is 0.200 e. The van der Waals surface area contributed by atoms with E-state index in [0.29, 0.717) is 11.4 Å². The summed E-state index contributed by atoms with van der Waals surface area (Å²) in [5.41, 5.74) is 6.42. The number of rotatable bonds is 6. The van der Waals surface area contributed by atoms with Crippen molar-refractivity contribution in [2.24, 2.45) is 10.2 Å². The molecule has 202 valence electrons. The number of nitrogens with zero attached hydrogens (tertiary/aromatic N) is 2. The molecule has 4 aromatic rings. The third-order valence-corrected chi connectivity index (χ3v) is 9.73. The Balaban J connectivity index is 1.49. The first-order valence-electron chi connectivity index (χ1n) is 12.7. The molecule has 0 spiro atoms. The van der Waals surface area contributed by atoms with Gasteiger partial charge in [-0.05, 0) is 60.4 Å². The van der Waals surface area contributed by atoms with E-state index in [4.69, 9.17) is 0 Å². The highest BCUT2D eigenvalue weighted by molar-refractivity contribution is 7.89. The summed E-state index contributed by atoms with van der Waals surface area (Å²) in [7, 11) is -7.99. The molecule has 0 aromatic heterocycles. The molecule has 0 atom stereocenters. The van der Waals surface area contributed by atoms with Crippen LogP contribution in [0.5, 0.6) is 0 Å². The molecule has 2 N–H and O–H groups in total. The highest BCUT2D eigenvalue weighted by atomic mass is 32.2. The molecule has 3 aliphatic carbocycles. The van der Waals surface area contributed by atoms with Gasteiger partial charge in [0.15, 0.2) is 0 Å². The van der Waals surface area contributed by atoms with Crippen molar-refractivity contribution in [3.8, 4) is 0 Å². The van der Waals surface area contributed by atoms with Crippen molar-refractivity contribution in [2.45, 2.75) is 35.5 Å². The average Bonchev–Trinajstić information content (AvgIpc) is 2.95. The molecular weight excluding hydrogens is 544 g/mol. The van der Waals surface area contributed by atoms with E-state index < -0.39 is 31.9 Å². The van der Waals surface area contributed by atoms with E-state index >= 15 is 0 Å². The lowest BCUT2D eigenvalue weighted by Gasteiger charge is -2.41. The Hall–Kier alpha value is -4.28. The Labute approximate surface area is 233 Å². The van der Waals surface area contributed by atoms with Crippen molar-refractivity contribution in [2.75, 3.05) is 0 Å². The Kier molecular flexibility index (Phi) is 6.31. The minimum absolute atomic E-state index is 0.0720. The van der Waals surface area contributed by atoms with Gasteiger partial charge in [-0.2, -0.15) is 36.7 Å². The van der Waals surface area contributed by atoms with Gasteiger partial charge < -0.3 is 0 Å². The van der Waals surface area contributed by atoms with Gasteiger partial charge in [-0.1, -0.05) is 83.9 Å². The topological polar surface area (TPSA) is 117 Å². The lowest BCUT2D eigenvalue weighted by molar-refractivity contribution is 0.582. The van der Waals surface area contributed by atoms with E-state index in [2.05, 4.69) is 19.9 Å². The third kappa shape index (κ3) is 4.48. The van der Waals surface area contributed by atoms with Crippen molar-refractivity contribution >= 4 is 31.5 Å². The number of aryl methyl sites for hydroxylation is 2. The molecule has 2 bridgehead atoms. The monoisotopic (exact) mass is 570 g/mol. The number of nitrogens with one attached hydrogen (secondary N) is 2. The lowest BCUT2D eigenvalue weighted by atomic mass is 9.62. The van der Waals surface area contributed by atoms with Gasteiger partial charge in [0.05, 0.1) is 33.1 Å². The molecule has 0 aliphatic heterocycles. The van der Waals surface area contributed by atoms with Crippen LogP contribution in [0.25, 0.3) is 0 Å². The van der Waals surface area contributed by atoms with Gasteiger partial charge in [-0.15, -0.1) is 0 Å². The van der Waals surface area contributed by atoms with E-state index in [0.717, 1.165) is 33.4 Å². The van der Waals surface area contributed by atoms with Crippen LogP contribution in [-0.2, 0) is 20.0 Å². The van der Waals surface area contributed by atoms with Crippen molar-refractivity contribution in [1.29, 1.82) is 0 Å². The third-order valence-electron chi connectivity index (χ3n) is 7.28. The Morgan fingerprint density at radius 3 is 1.10 bits per heavy atom. The first-order chi connectivity index (χ1) is 19.2. The van der Waals surface area contributed by atoms with E-state index in [1.165, 1.54) is 24.3 Å². The minimum atomic E-state index is -3.99. The van der Waals surface area contributed by atoms with Crippen LogP contribution < -0.4 is 9.66 Å². The van der Waals surface area contributed by atoms with Crippen LogP contribution in [0.2, 0.25) is 0 Å². The molecule has 40 heavy (non-hydrogen) atoms. The van der Waals surface area contributed by atoms with Crippen LogP contribution in [0.4, 0.5) is 0 Å². The predicted molar refractivity (Wildman–Crippen MR) is 154 cm³/mol. The molecule has 8 nitrogen and oxygen atoms in total. The maximum atomic E-state index is 13.2.